The number of amides is 1. The van der Waals surface area contributed by atoms with Crippen molar-refractivity contribution in [2.45, 2.75) is 13.8 Å². The highest BCUT2D eigenvalue weighted by Crippen LogP contribution is 2.36. The molecule has 0 heterocycles. The zero-order chi connectivity index (χ0) is 20.1. The van der Waals surface area contributed by atoms with Gasteiger partial charge < -0.3 is 14.4 Å². The summed E-state index contributed by atoms with van der Waals surface area (Å²) < 4.78 is 37.2. The van der Waals surface area contributed by atoms with E-state index < -0.39 is 28.2 Å². The van der Waals surface area contributed by atoms with Gasteiger partial charge in [-0.25, -0.2) is 8.78 Å². The normalized spacial score (nSPS) is 10.4. The summed E-state index contributed by atoms with van der Waals surface area (Å²) in [6.45, 7) is 3.65. The van der Waals surface area contributed by atoms with Gasteiger partial charge in [-0.15, -0.1) is 0 Å². The first kappa shape index (κ1) is 20.1. The van der Waals surface area contributed by atoms with Gasteiger partial charge >= 0.3 is 0 Å². The molecule has 0 bridgehead atoms. The van der Waals surface area contributed by atoms with Crippen molar-refractivity contribution in [3.8, 4) is 11.5 Å². The molecule has 0 saturated heterocycles. The lowest BCUT2D eigenvalue weighted by atomic mass is 10.1. The summed E-state index contributed by atoms with van der Waals surface area (Å²) in [4.78, 5) is 24.8. The summed E-state index contributed by atoms with van der Waals surface area (Å²) in [6, 6.07) is 5.27. The van der Waals surface area contributed by atoms with Crippen molar-refractivity contribution < 1.29 is 28.0 Å². The monoisotopic (exact) mass is 380 g/mol. The number of hydrogen-bond donors (Lipinski definition) is 0. The van der Waals surface area contributed by atoms with Gasteiger partial charge in [-0.3, -0.25) is 14.9 Å². The van der Waals surface area contributed by atoms with E-state index in [1.54, 1.807) is 13.8 Å². The van der Waals surface area contributed by atoms with Crippen LogP contribution in [0.2, 0.25) is 0 Å². The maximum atomic E-state index is 13.6. The third-order valence-corrected chi connectivity index (χ3v) is 3.79. The minimum absolute atomic E-state index is 0.0736. The molecule has 27 heavy (non-hydrogen) atoms. The molecule has 0 radical (unpaired) electrons. The zero-order valence-corrected chi connectivity index (χ0v) is 15.0. The van der Waals surface area contributed by atoms with Crippen LogP contribution in [-0.2, 0) is 0 Å². The molecule has 2 rings (SSSR count). The number of hydrogen-bond acceptors (Lipinski definition) is 5. The number of methoxy groups -OCH3 is 1. The van der Waals surface area contributed by atoms with Crippen LogP contribution in [-0.4, -0.2) is 31.1 Å². The smallest absolute Gasteiger partial charge is 0.286 e. The minimum Gasteiger partial charge on any atom is -0.493 e. The summed E-state index contributed by atoms with van der Waals surface area (Å²) in [6.07, 6.45) is 0. The molecule has 0 aliphatic rings. The molecule has 0 aliphatic carbocycles. The SMILES string of the molecule is CCOc1cc(C(=O)N(CC)c2ccc(F)c(F)c2)c([N+](=O)[O-])cc1OC. The van der Waals surface area contributed by atoms with E-state index in [9.17, 15) is 23.7 Å². The van der Waals surface area contributed by atoms with Crippen LogP contribution < -0.4 is 14.4 Å². The highest BCUT2D eigenvalue weighted by molar-refractivity contribution is 6.09. The van der Waals surface area contributed by atoms with Crippen LogP contribution in [0.15, 0.2) is 30.3 Å². The molecule has 0 aliphatic heterocycles. The van der Waals surface area contributed by atoms with E-state index in [4.69, 9.17) is 9.47 Å². The zero-order valence-electron chi connectivity index (χ0n) is 15.0. The third kappa shape index (κ3) is 4.13. The number of ether oxygens (including phenoxy) is 2. The van der Waals surface area contributed by atoms with Gasteiger partial charge in [-0.2, -0.15) is 0 Å². The number of nitro benzene ring substituents is 1. The van der Waals surface area contributed by atoms with Crippen molar-refractivity contribution in [2.24, 2.45) is 0 Å². The summed E-state index contributed by atoms with van der Waals surface area (Å²) in [5.41, 5.74) is -0.665. The van der Waals surface area contributed by atoms with Crippen LogP contribution in [0, 0.1) is 21.7 Å². The van der Waals surface area contributed by atoms with Crippen LogP contribution in [0.3, 0.4) is 0 Å². The molecule has 0 spiro atoms. The molecule has 1 amide bonds. The Morgan fingerprint density at radius 1 is 1.15 bits per heavy atom. The Bertz CT molecular complexity index is 873. The van der Waals surface area contributed by atoms with E-state index in [2.05, 4.69) is 0 Å². The first-order chi connectivity index (χ1) is 12.8. The van der Waals surface area contributed by atoms with Crippen LogP contribution in [0.4, 0.5) is 20.2 Å². The van der Waals surface area contributed by atoms with Gasteiger partial charge in [0.05, 0.1) is 24.7 Å². The van der Waals surface area contributed by atoms with Crippen molar-refractivity contribution in [1.82, 2.24) is 0 Å². The molecule has 2 aromatic rings. The van der Waals surface area contributed by atoms with E-state index in [-0.39, 0.29) is 35.9 Å². The Morgan fingerprint density at radius 3 is 2.37 bits per heavy atom. The molecule has 0 unspecified atom stereocenters. The topological polar surface area (TPSA) is 81.9 Å². The van der Waals surface area contributed by atoms with Crippen LogP contribution in [0.1, 0.15) is 24.2 Å². The van der Waals surface area contributed by atoms with Gasteiger partial charge in [-0.05, 0) is 26.0 Å². The van der Waals surface area contributed by atoms with Crippen molar-refractivity contribution >= 4 is 17.3 Å². The second-order valence-corrected chi connectivity index (χ2v) is 5.36. The molecule has 7 nitrogen and oxygen atoms in total. The molecule has 0 N–H and O–H groups in total. The van der Waals surface area contributed by atoms with Crippen LogP contribution in [0.5, 0.6) is 11.5 Å². The Morgan fingerprint density at radius 2 is 1.85 bits per heavy atom. The van der Waals surface area contributed by atoms with Gasteiger partial charge in [0.25, 0.3) is 11.6 Å². The maximum absolute atomic E-state index is 13.6. The molecule has 144 valence electrons. The number of carbonyl (C=O) groups is 1. The second-order valence-electron chi connectivity index (χ2n) is 5.36. The number of nitrogens with zero attached hydrogens (tertiary/aromatic N) is 2. The number of rotatable bonds is 7. The molecule has 9 heteroatoms. The molecule has 0 saturated carbocycles. The molecule has 0 fully saturated rings. The van der Waals surface area contributed by atoms with Gasteiger partial charge in [0, 0.05) is 24.4 Å². The quantitative estimate of drug-likeness (QED) is 0.537. The van der Waals surface area contributed by atoms with E-state index in [1.807, 2.05) is 0 Å². The summed E-state index contributed by atoms with van der Waals surface area (Å²) in [7, 11) is 1.32. The van der Waals surface area contributed by atoms with Crippen molar-refractivity contribution in [1.29, 1.82) is 0 Å². The average molecular weight is 380 g/mol. The molecule has 0 atom stereocenters. The Hall–Kier alpha value is -3.23. The highest BCUT2D eigenvalue weighted by atomic mass is 19.2. The van der Waals surface area contributed by atoms with E-state index in [1.165, 1.54) is 19.2 Å². The molecule has 0 aromatic heterocycles. The summed E-state index contributed by atoms with van der Waals surface area (Å²) in [5, 5.41) is 11.4. The largest absolute Gasteiger partial charge is 0.493 e. The van der Waals surface area contributed by atoms with Gasteiger partial charge in [0.1, 0.15) is 5.56 Å². The van der Waals surface area contributed by atoms with E-state index >= 15 is 0 Å². The van der Waals surface area contributed by atoms with E-state index in [0.717, 1.165) is 23.1 Å². The van der Waals surface area contributed by atoms with Crippen LogP contribution in [0.25, 0.3) is 0 Å². The fourth-order valence-electron chi connectivity index (χ4n) is 2.54. The fourth-order valence-corrected chi connectivity index (χ4v) is 2.54. The Labute approximate surface area is 154 Å². The highest BCUT2D eigenvalue weighted by Gasteiger charge is 2.28. The number of benzene rings is 2. The maximum Gasteiger partial charge on any atom is 0.286 e. The van der Waals surface area contributed by atoms with Gasteiger partial charge in [-0.1, -0.05) is 0 Å². The standard InChI is InChI=1S/C18H18F2N2O5/c1-4-21(11-6-7-13(19)14(20)8-11)18(23)12-9-17(27-5-2)16(26-3)10-15(12)22(24)25/h6-10H,4-5H2,1-3H3. The molecular weight excluding hydrogens is 362 g/mol. The first-order valence-electron chi connectivity index (χ1n) is 8.10. The van der Waals surface area contributed by atoms with E-state index in [0.29, 0.717) is 0 Å². The predicted octanol–water partition coefficient (Wildman–Crippen LogP) is 3.95. The lowest BCUT2D eigenvalue weighted by Crippen LogP contribution is -2.31. The number of halogens is 2. The first-order valence-corrected chi connectivity index (χ1v) is 8.10. The van der Waals surface area contributed by atoms with Crippen LogP contribution >= 0.6 is 0 Å². The number of anilines is 1. The minimum atomic E-state index is -1.13. The number of nitro groups is 1. The lowest BCUT2D eigenvalue weighted by molar-refractivity contribution is -0.385. The molecule has 2 aromatic carbocycles. The molecular formula is C18H18F2N2O5. The van der Waals surface area contributed by atoms with Gasteiger partial charge in [0.2, 0.25) is 0 Å². The summed E-state index contributed by atoms with van der Waals surface area (Å²) in [5.74, 6) is -2.67. The number of carbonyl (C=O) groups excluding carboxylic acids is 1. The summed E-state index contributed by atoms with van der Waals surface area (Å²) >= 11 is 0. The van der Waals surface area contributed by atoms with Crippen molar-refractivity contribution in [2.75, 3.05) is 25.2 Å². The van der Waals surface area contributed by atoms with Gasteiger partial charge in [0.15, 0.2) is 23.1 Å². The second kappa shape index (κ2) is 8.43. The Kier molecular flexibility index (Phi) is 6.27. The fraction of sp³-hybridized carbons (Fsp3) is 0.278. The Balaban J connectivity index is 2.58. The third-order valence-electron chi connectivity index (χ3n) is 3.79. The average Bonchev–Trinajstić information content (AvgIpc) is 2.64. The lowest BCUT2D eigenvalue weighted by Gasteiger charge is -2.22. The van der Waals surface area contributed by atoms with Crippen molar-refractivity contribution in [3.05, 3.63) is 57.6 Å². The predicted molar refractivity (Wildman–Crippen MR) is 94.5 cm³/mol. The van der Waals surface area contributed by atoms with Crippen molar-refractivity contribution in [3.63, 3.8) is 0 Å².